The quantitative estimate of drug-likeness (QED) is 0.739. The zero-order valence-electron chi connectivity index (χ0n) is 12.2. The summed E-state index contributed by atoms with van der Waals surface area (Å²) in [6, 6.07) is 4.25. The molecule has 4 nitrogen and oxygen atoms in total. The number of anilines is 2. The molecule has 2 aliphatic rings. The zero-order valence-corrected chi connectivity index (χ0v) is 12.2. The summed E-state index contributed by atoms with van der Waals surface area (Å²) in [5, 5.41) is 0. The maximum absolute atomic E-state index is 12.7. The van der Waals surface area contributed by atoms with E-state index in [9.17, 15) is 4.79 Å². The Morgan fingerprint density at radius 2 is 1.80 bits per heavy atom. The van der Waals surface area contributed by atoms with E-state index in [1.54, 1.807) is 0 Å². The Kier molecular flexibility index (Phi) is 3.55. The Balaban J connectivity index is 1.83. The number of rotatable bonds is 0. The number of carbonyl (C=O) groups is 1. The molecule has 0 unspecified atom stereocenters. The number of benzene rings is 1. The van der Waals surface area contributed by atoms with Crippen LogP contribution in [0.1, 0.15) is 36.8 Å². The topological polar surface area (TPSA) is 49.6 Å². The Morgan fingerprint density at radius 3 is 2.50 bits per heavy atom. The van der Waals surface area contributed by atoms with Crippen molar-refractivity contribution in [3.05, 3.63) is 23.3 Å². The molecule has 4 heteroatoms. The van der Waals surface area contributed by atoms with Crippen LogP contribution >= 0.6 is 0 Å². The molecule has 1 fully saturated rings. The largest absolute Gasteiger partial charge is 0.398 e. The first-order valence-electron chi connectivity index (χ1n) is 7.62. The summed E-state index contributed by atoms with van der Waals surface area (Å²) in [6.45, 7) is 4.60. The fourth-order valence-corrected chi connectivity index (χ4v) is 3.21. The first-order chi connectivity index (χ1) is 9.66. The van der Waals surface area contributed by atoms with Gasteiger partial charge >= 0.3 is 6.03 Å². The number of likely N-dealkylation sites (tertiary alicyclic amines) is 1. The van der Waals surface area contributed by atoms with Gasteiger partial charge < -0.3 is 10.6 Å². The Morgan fingerprint density at radius 1 is 1.10 bits per heavy atom. The van der Waals surface area contributed by atoms with Crippen LogP contribution in [-0.2, 0) is 6.42 Å². The Bertz CT molecular complexity index is 519. The molecule has 0 aliphatic carbocycles. The van der Waals surface area contributed by atoms with Gasteiger partial charge in [0.2, 0.25) is 0 Å². The minimum absolute atomic E-state index is 0.161. The van der Waals surface area contributed by atoms with Gasteiger partial charge in [0.25, 0.3) is 0 Å². The maximum Gasteiger partial charge on any atom is 0.324 e. The first-order valence-corrected chi connectivity index (χ1v) is 7.62. The SMILES string of the molecule is Cc1cc2c(cc1N)N(C(=O)N1CCCCCC1)CC2. The Labute approximate surface area is 120 Å². The van der Waals surface area contributed by atoms with Crippen LogP contribution in [0.25, 0.3) is 0 Å². The van der Waals surface area contributed by atoms with E-state index in [1.165, 1.54) is 18.4 Å². The van der Waals surface area contributed by atoms with Gasteiger partial charge in [-0.05, 0) is 43.4 Å². The number of nitrogen functional groups attached to an aromatic ring is 1. The molecule has 1 aromatic rings. The summed E-state index contributed by atoms with van der Waals surface area (Å²) in [4.78, 5) is 16.6. The summed E-state index contributed by atoms with van der Waals surface area (Å²) >= 11 is 0. The van der Waals surface area contributed by atoms with Crippen molar-refractivity contribution in [1.82, 2.24) is 4.90 Å². The smallest absolute Gasteiger partial charge is 0.324 e. The molecule has 0 bridgehead atoms. The van der Waals surface area contributed by atoms with E-state index in [1.807, 2.05) is 22.8 Å². The summed E-state index contributed by atoms with van der Waals surface area (Å²) in [5.74, 6) is 0. The van der Waals surface area contributed by atoms with Gasteiger partial charge in [-0.1, -0.05) is 18.9 Å². The molecule has 1 aromatic carbocycles. The van der Waals surface area contributed by atoms with Gasteiger partial charge in [0, 0.05) is 25.3 Å². The number of hydrogen-bond acceptors (Lipinski definition) is 2. The van der Waals surface area contributed by atoms with Crippen molar-refractivity contribution in [3.63, 3.8) is 0 Å². The zero-order chi connectivity index (χ0) is 14.1. The molecule has 2 N–H and O–H groups in total. The number of aryl methyl sites for hydroxylation is 1. The highest BCUT2D eigenvalue weighted by Gasteiger charge is 2.29. The van der Waals surface area contributed by atoms with Crippen molar-refractivity contribution in [3.8, 4) is 0 Å². The lowest BCUT2D eigenvalue weighted by molar-refractivity contribution is 0.207. The van der Waals surface area contributed by atoms with Gasteiger partial charge in [0.1, 0.15) is 0 Å². The van der Waals surface area contributed by atoms with E-state index in [0.717, 1.165) is 55.8 Å². The highest BCUT2D eigenvalue weighted by Crippen LogP contribution is 2.33. The van der Waals surface area contributed by atoms with Crippen molar-refractivity contribution in [2.45, 2.75) is 39.0 Å². The van der Waals surface area contributed by atoms with Crippen molar-refractivity contribution in [1.29, 1.82) is 0 Å². The number of urea groups is 1. The summed E-state index contributed by atoms with van der Waals surface area (Å²) in [5.41, 5.74) is 10.2. The molecular formula is C16H23N3O. The molecule has 108 valence electrons. The summed E-state index contributed by atoms with van der Waals surface area (Å²) in [7, 11) is 0. The molecule has 2 amide bonds. The molecule has 0 aromatic heterocycles. The molecular weight excluding hydrogens is 250 g/mol. The molecule has 20 heavy (non-hydrogen) atoms. The summed E-state index contributed by atoms with van der Waals surface area (Å²) in [6.07, 6.45) is 5.68. The van der Waals surface area contributed by atoms with E-state index in [2.05, 4.69) is 6.07 Å². The van der Waals surface area contributed by atoms with Gasteiger partial charge in [0.05, 0.1) is 5.69 Å². The highest BCUT2D eigenvalue weighted by atomic mass is 16.2. The predicted molar refractivity (Wildman–Crippen MR) is 82.1 cm³/mol. The average molecular weight is 273 g/mol. The maximum atomic E-state index is 12.7. The third kappa shape index (κ3) is 2.35. The fraction of sp³-hybridized carbons (Fsp3) is 0.562. The average Bonchev–Trinajstić information content (AvgIpc) is 2.66. The van der Waals surface area contributed by atoms with Crippen molar-refractivity contribution in [2.75, 3.05) is 30.3 Å². The van der Waals surface area contributed by atoms with Gasteiger partial charge in [-0.15, -0.1) is 0 Å². The minimum atomic E-state index is 0.161. The van der Waals surface area contributed by atoms with Crippen molar-refractivity contribution in [2.24, 2.45) is 0 Å². The molecule has 1 saturated heterocycles. The van der Waals surface area contributed by atoms with E-state index >= 15 is 0 Å². The second-order valence-electron chi connectivity index (χ2n) is 5.92. The van der Waals surface area contributed by atoms with Crippen LogP contribution in [0, 0.1) is 6.92 Å². The molecule has 0 spiro atoms. The minimum Gasteiger partial charge on any atom is -0.398 e. The van der Waals surface area contributed by atoms with Gasteiger partial charge in [-0.25, -0.2) is 4.79 Å². The second-order valence-corrected chi connectivity index (χ2v) is 5.92. The van der Waals surface area contributed by atoms with Crippen LogP contribution in [0.15, 0.2) is 12.1 Å². The number of carbonyl (C=O) groups excluding carboxylic acids is 1. The van der Waals surface area contributed by atoms with E-state index in [-0.39, 0.29) is 6.03 Å². The Hall–Kier alpha value is -1.71. The number of hydrogen-bond donors (Lipinski definition) is 1. The molecule has 0 atom stereocenters. The molecule has 3 rings (SSSR count). The lowest BCUT2D eigenvalue weighted by Crippen LogP contribution is -2.43. The van der Waals surface area contributed by atoms with Gasteiger partial charge in [-0.2, -0.15) is 0 Å². The summed E-state index contributed by atoms with van der Waals surface area (Å²) < 4.78 is 0. The first kappa shape index (κ1) is 13.3. The lowest BCUT2D eigenvalue weighted by Gasteiger charge is -2.27. The number of fused-ring (bicyclic) bond motifs is 1. The van der Waals surface area contributed by atoms with Crippen LogP contribution in [0.4, 0.5) is 16.2 Å². The standard InChI is InChI=1S/C16H23N3O/c1-12-10-13-6-9-19(15(13)11-14(12)17)16(20)18-7-4-2-3-5-8-18/h10-11H,2-9,17H2,1H3. The second kappa shape index (κ2) is 5.35. The van der Waals surface area contributed by atoms with Gasteiger partial charge in [-0.3, -0.25) is 4.90 Å². The van der Waals surface area contributed by atoms with Crippen LogP contribution < -0.4 is 10.6 Å². The fourth-order valence-electron chi connectivity index (χ4n) is 3.21. The van der Waals surface area contributed by atoms with E-state index < -0.39 is 0 Å². The number of amides is 2. The van der Waals surface area contributed by atoms with Crippen LogP contribution in [0.3, 0.4) is 0 Å². The van der Waals surface area contributed by atoms with Crippen LogP contribution in [0.5, 0.6) is 0 Å². The van der Waals surface area contributed by atoms with Gasteiger partial charge in [0.15, 0.2) is 0 Å². The third-order valence-corrected chi connectivity index (χ3v) is 4.47. The van der Waals surface area contributed by atoms with E-state index in [4.69, 9.17) is 5.73 Å². The molecule has 0 radical (unpaired) electrons. The molecule has 0 saturated carbocycles. The number of nitrogens with zero attached hydrogens (tertiary/aromatic N) is 2. The molecule has 2 aliphatic heterocycles. The highest BCUT2D eigenvalue weighted by molar-refractivity contribution is 5.95. The third-order valence-electron chi connectivity index (χ3n) is 4.47. The molecule has 2 heterocycles. The predicted octanol–water partition coefficient (Wildman–Crippen LogP) is 2.94. The normalized spacial score (nSPS) is 18.9. The van der Waals surface area contributed by atoms with Crippen molar-refractivity contribution >= 4 is 17.4 Å². The number of nitrogens with two attached hydrogens (primary N) is 1. The van der Waals surface area contributed by atoms with Crippen LogP contribution in [0.2, 0.25) is 0 Å². The van der Waals surface area contributed by atoms with E-state index in [0.29, 0.717) is 0 Å². The van der Waals surface area contributed by atoms with Crippen molar-refractivity contribution < 1.29 is 4.79 Å². The monoisotopic (exact) mass is 273 g/mol. The van der Waals surface area contributed by atoms with Crippen LogP contribution in [-0.4, -0.2) is 30.6 Å². The lowest BCUT2D eigenvalue weighted by atomic mass is 10.1.